The minimum absolute atomic E-state index is 0.0172. The Bertz CT molecular complexity index is 3330. The second-order valence-corrected chi connectivity index (χ2v) is 25.6. The lowest BCUT2D eigenvalue weighted by molar-refractivity contribution is -0.163. The number of aromatic nitrogens is 1. The van der Waals surface area contributed by atoms with Crippen LogP contribution in [0.3, 0.4) is 0 Å². The molecule has 89 heavy (non-hydrogen) atoms. The second kappa shape index (κ2) is 27.7. The van der Waals surface area contributed by atoms with Crippen LogP contribution in [0.4, 0.5) is 5.69 Å². The summed E-state index contributed by atoms with van der Waals surface area (Å²) in [4.78, 5) is 183. The van der Waals surface area contributed by atoms with Crippen molar-refractivity contribution in [2.45, 2.75) is 176 Å². The number of esters is 2. The summed E-state index contributed by atoms with van der Waals surface area (Å²) in [5, 5.41) is 9.12. The third kappa shape index (κ3) is 14.0. The van der Waals surface area contributed by atoms with Gasteiger partial charge in [-0.15, -0.1) is 0 Å². The average Bonchev–Trinajstić information content (AvgIpc) is 1.39. The number of hydrogen-bond acceptors (Lipinski definition) is 18. The molecule has 5 heterocycles. The summed E-state index contributed by atoms with van der Waals surface area (Å²) in [5.41, 5.74) is 4.32. The number of carbonyl (C=O) groups is 11. The maximum atomic E-state index is 15.2. The topological polar surface area (TPSA) is 357 Å². The Balaban J connectivity index is 1.30. The van der Waals surface area contributed by atoms with Crippen molar-refractivity contribution >= 4 is 81.9 Å². The van der Waals surface area contributed by atoms with Crippen LogP contribution in [0.1, 0.15) is 140 Å². The summed E-state index contributed by atoms with van der Waals surface area (Å²) in [6.07, 6.45) is -0.876. The number of nitrogens with two attached hydrogens (primary N) is 2. The van der Waals surface area contributed by atoms with Crippen LogP contribution in [-0.2, 0) is 52.6 Å². The van der Waals surface area contributed by atoms with Crippen LogP contribution in [0, 0.1) is 43.4 Å². The molecule has 27 heteroatoms. The van der Waals surface area contributed by atoms with Gasteiger partial charge in [0.1, 0.15) is 66.2 Å². The third-order valence-electron chi connectivity index (χ3n) is 17.9. The Morgan fingerprint density at radius 2 is 1.21 bits per heavy atom. The van der Waals surface area contributed by atoms with E-state index in [1.165, 1.54) is 55.8 Å². The number of fused-ring (bicyclic) bond motifs is 4. The monoisotopic (exact) mass is 1240 g/mol. The predicted molar refractivity (Wildman–Crippen MR) is 325 cm³/mol. The maximum absolute atomic E-state index is 15.2. The number of aryl methyl sites for hydroxylation is 1. The van der Waals surface area contributed by atoms with E-state index in [1.807, 2.05) is 13.8 Å². The molecule has 10 atom stereocenters. The lowest BCUT2D eigenvalue weighted by Gasteiger charge is -2.36. The van der Waals surface area contributed by atoms with Crippen molar-refractivity contribution in [3.05, 3.63) is 44.6 Å². The zero-order chi connectivity index (χ0) is 66.1. The Morgan fingerprint density at radius 1 is 0.663 bits per heavy atom. The number of hydrazine groups is 1. The Morgan fingerprint density at radius 3 is 1.78 bits per heavy atom. The van der Waals surface area contributed by atoms with E-state index in [9.17, 15) is 47.9 Å². The molecular formula is C62H88N12O15. The Hall–Kier alpha value is -8.23. The first-order valence-electron chi connectivity index (χ1n) is 30.6. The number of nitrogens with zero attached hydrogens (tertiary/aromatic N) is 7. The summed E-state index contributed by atoms with van der Waals surface area (Å²) in [6, 6.07) is -5.44. The predicted octanol–water partition coefficient (Wildman–Crippen LogP) is 1.88. The summed E-state index contributed by atoms with van der Waals surface area (Å²) in [7, 11) is 4.20. The number of nitrogen functional groups attached to an aromatic ring is 1. The molecule has 6 aliphatic rings. The fourth-order valence-electron chi connectivity index (χ4n) is 12.6. The lowest BCUT2D eigenvalue weighted by Crippen LogP contribution is -2.61. The molecule has 0 bridgehead atoms. The highest BCUT2D eigenvalue weighted by atomic mass is 16.6. The van der Waals surface area contributed by atoms with Crippen LogP contribution in [-0.4, -0.2) is 201 Å². The molecule has 1 aromatic carbocycles. The highest BCUT2D eigenvalue weighted by Gasteiger charge is 2.46. The maximum Gasteiger partial charge on any atom is 0.329 e. The lowest BCUT2D eigenvalue weighted by atomic mass is 9.87. The van der Waals surface area contributed by atoms with Gasteiger partial charge in [-0.3, -0.25) is 53.0 Å². The minimum atomic E-state index is -1.85. The molecule has 0 aromatic heterocycles. The van der Waals surface area contributed by atoms with E-state index in [4.69, 9.17) is 30.5 Å². The first-order chi connectivity index (χ1) is 41.7. The molecule has 486 valence electrons. The minimum Gasteiger partial charge on any atom is -0.459 e. The first kappa shape index (κ1) is 68.3. The first-order valence-corrected chi connectivity index (χ1v) is 30.6. The Labute approximate surface area is 517 Å². The Kier molecular flexibility index (Phi) is 21.2. The average molecular weight is 1240 g/mol. The van der Waals surface area contributed by atoms with Gasteiger partial charge in [0.25, 0.3) is 17.7 Å². The number of nitrogens with one attached hydrogen (secondary N) is 3. The molecule has 1 aliphatic carbocycles. The number of benzene rings is 2. The normalized spacial score (nSPS) is 26.4. The molecule has 27 nitrogen and oxygen atoms in total. The smallest absolute Gasteiger partial charge is 0.329 e. The van der Waals surface area contributed by atoms with Crippen LogP contribution in [0.2, 0.25) is 0 Å². The number of carbonyl (C=O) groups excluding carboxylic acids is 11. The number of amides is 9. The summed E-state index contributed by atoms with van der Waals surface area (Å²) in [6.45, 7) is 19.2. The number of hydrogen-bond donors (Lipinski definition) is 5. The number of likely N-dealkylation sites (N-methyl/N-ethyl adjacent to an activating group) is 3. The van der Waals surface area contributed by atoms with Gasteiger partial charge in [0.15, 0.2) is 11.3 Å². The van der Waals surface area contributed by atoms with Crippen LogP contribution in [0.15, 0.2) is 21.3 Å². The summed E-state index contributed by atoms with van der Waals surface area (Å²) >= 11 is 0. The second-order valence-electron chi connectivity index (χ2n) is 25.6. The van der Waals surface area contributed by atoms with Crippen LogP contribution < -0.4 is 33.0 Å². The van der Waals surface area contributed by atoms with E-state index >= 15 is 9.59 Å². The van der Waals surface area contributed by atoms with Gasteiger partial charge in [0.2, 0.25) is 40.9 Å². The molecular weight excluding hydrogens is 1150 g/mol. The zero-order valence-electron chi connectivity index (χ0n) is 53.7. The SMILES string of the molecule is Cc1c2oc3c(C)ccc(C(=O)N[C@@H]4CCC(C(C)C)C(=O)N5CCC[C@H]5C(=O)N(N)CC(=O)N(C)[C@@H](C(C)C)C(=O)O[C@@H]4C)c3nc-2c(C(=O)N[C@@H]2C(=O)NC(C(C)C)C(=O)N3CCC[C@H]3C(=O)N(C)CC(=O)N(C)C(C(C)C)C(=O)O[C@@H]2C)c(N)c1=O. The van der Waals surface area contributed by atoms with Crippen LogP contribution in [0.25, 0.3) is 22.6 Å². The number of rotatable bonds is 8. The highest BCUT2D eigenvalue weighted by molar-refractivity contribution is 6.10. The highest BCUT2D eigenvalue weighted by Crippen LogP contribution is 2.36. The van der Waals surface area contributed by atoms with Gasteiger partial charge in [0.05, 0.1) is 29.4 Å². The van der Waals surface area contributed by atoms with Gasteiger partial charge in [-0.2, -0.15) is 0 Å². The molecule has 9 amide bonds. The van der Waals surface area contributed by atoms with E-state index in [-0.39, 0.29) is 77.9 Å². The van der Waals surface area contributed by atoms with Gasteiger partial charge in [-0.25, -0.2) is 20.4 Å². The van der Waals surface area contributed by atoms with Crippen molar-refractivity contribution in [1.29, 1.82) is 0 Å². The summed E-state index contributed by atoms with van der Waals surface area (Å²) < 4.78 is 18.5. The van der Waals surface area contributed by atoms with Gasteiger partial charge >= 0.3 is 11.9 Å². The molecule has 0 radical (unpaired) electrons. The van der Waals surface area contributed by atoms with E-state index in [2.05, 4.69) is 16.0 Å². The van der Waals surface area contributed by atoms with E-state index in [1.54, 1.807) is 61.5 Å². The van der Waals surface area contributed by atoms with Gasteiger partial charge in [-0.1, -0.05) is 61.5 Å². The van der Waals surface area contributed by atoms with E-state index in [0.29, 0.717) is 24.8 Å². The van der Waals surface area contributed by atoms with E-state index < -0.39 is 167 Å². The third-order valence-corrected chi connectivity index (χ3v) is 17.9. The van der Waals surface area contributed by atoms with Crippen LogP contribution in [0.5, 0.6) is 0 Å². The zero-order valence-corrected chi connectivity index (χ0v) is 53.7. The van der Waals surface area contributed by atoms with Crippen molar-refractivity contribution in [3.63, 3.8) is 0 Å². The van der Waals surface area contributed by atoms with Crippen molar-refractivity contribution in [2.75, 3.05) is 53.1 Å². The molecule has 7 rings (SSSR count). The molecule has 5 aliphatic heterocycles. The van der Waals surface area contributed by atoms with Gasteiger partial charge < -0.3 is 60.1 Å². The molecule has 7 N–H and O–H groups in total. The number of cyclic esters (lactones) is 2. The fourth-order valence-corrected chi connectivity index (χ4v) is 12.6. The number of ether oxygens (including phenoxy) is 2. The van der Waals surface area contributed by atoms with Crippen molar-refractivity contribution in [2.24, 2.45) is 35.4 Å². The quantitative estimate of drug-likeness (QED) is 0.0707. The van der Waals surface area contributed by atoms with Crippen LogP contribution >= 0.6 is 0 Å². The molecule has 4 fully saturated rings. The standard InChI is InChI=1S/C62H88N12O15/c1-28(2)36-22-23-38(34(11)87-61(85)49(30(5)6)71(15)42(76)27-74(64)59(83)40-19-17-24-72(40)57(36)81)65-54(78)37-21-20-32(9)52-47(37)66-48-43(44(63)51(77)33(10)53(48)89-52)55(79)68-46-35(12)88-62(86)50(31(7)8)70(14)41(75)26-69(13)58(82)39-18-16-25-73(39)60(84)45(29(3)4)67-56(46)80/h20-21,28-31,34-36,38-40,45-46,49-50H,16-19,22-27,63-64H2,1-15H3,(H,65,78)(H,67,80)(H,68,79)/t34-,35-,36?,38-,39+,40+,45?,46+,49+,50?/m1/s1. The number of anilines is 1. The fraction of sp³-hybridized carbons (Fsp3) is 0.629. The van der Waals surface area contributed by atoms with Gasteiger partial charge in [0, 0.05) is 45.7 Å². The molecule has 0 spiro atoms. The van der Waals surface area contributed by atoms with Gasteiger partial charge in [-0.05, 0) is 102 Å². The molecule has 1 aromatic rings. The molecule has 4 saturated heterocycles. The van der Waals surface area contributed by atoms with Crippen molar-refractivity contribution in [1.82, 2.24) is 50.4 Å². The summed E-state index contributed by atoms with van der Waals surface area (Å²) in [5.74, 6) is -4.72. The molecule has 0 saturated carbocycles. The molecule has 3 unspecified atom stereocenters. The van der Waals surface area contributed by atoms with Crippen molar-refractivity contribution < 1.29 is 66.6 Å². The van der Waals surface area contributed by atoms with E-state index in [0.717, 1.165) is 14.8 Å². The largest absolute Gasteiger partial charge is 0.459 e. The van der Waals surface area contributed by atoms with Crippen molar-refractivity contribution in [3.8, 4) is 11.5 Å².